The van der Waals surface area contributed by atoms with Crippen molar-refractivity contribution < 1.29 is 17.6 Å². The minimum atomic E-state index is -3.63. The van der Waals surface area contributed by atoms with Gasteiger partial charge in [0, 0.05) is 56.1 Å². The van der Waals surface area contributed by atoms with Gasteiger partial charge in [-0.1, -0.05) is 6.07 Å². The van der Waals surface area contributed by atoms with Crippen molar-refractivity contribution in [2.75, 3.05) is 35.7 Å². The molecule has 10 nitrogen and oxygen atoms in total. The number of halogens is 1. The zero-order chi connectivity index (χ0) is 25.4. The maximum absolute atomic E-state index is 14.7. The van der Waals surface area contributed by atoms with E-state index in [4.69, 9.17) is 9.97 Å². The number of fused-ring (bicyclic) bond motifs is 1. The third-order valence-electron chi connectivity index (χ3n) is 6.53. The van der Waals surface area contributed by atoms with E-state index in [0.717, 1.165) is 17.5 Å². The van der Waals surface area contributed by atoms with Gasteiger partial charge in [0.25, 0.3) is 0 Å². The number of aromatic nitrogens is 4. The number of carbonyl (C=O) groups is 1. The third-order valence-corrected chi connectivity index (χ3v) is 7.10. The Hall–Kier alpha value is -3.67. The average Bonchev–Trinajstić information content (AvgIpc) is 3.34. The van der Waals surface area contributed by atoms with Crippen LogP contribution in [0.15, 0.2) is 42.7 Å². The van der Waals surface area contributed by atoms with Gasteiger partial charge in [0.1, 0.15) is 23.1 Å². The molecule has 5 rings (SSSR count). The lowest BCUT2D eigenvalue weighted by Crippen LogP contribution is -2.37. The molecule has 0 aliphatic carbocycles. The van der Waals surface area contributed by atoms with Gasteiger partial charge in [-0.15, -0.1) is 0 Å². The van der Waals surface area contributed by atoms with Crippen LogP contribution in [0.2, 0.25) is 0 Å². The summed E-state index contributed by atoms with van der Waals surface area (Å²) in [6.07, 6.45) is 5.55. The van der Waals surface area contributed by atoms with Crippen LogP contribution in [0.5, 0.6) is 0 Å². The fourth-order valence-electron chi connectivity index (χ4n) is 4.72. The van der Waals surface area contributed by atoms with Crippen molar-refractivity contribution in [3.63, 3.8) is 0 Å². The quantitative estimate of drug-likeness (QED) is 0.549. The Balaban J connectivity index is 1.35. The number of carbonyl (C=O) groups excluding carboxylic acids is 1. The largest absolute Gasteiger partial charge is 0.356 e. The van der Waals surface area contributed by atoms with Crippen LogP contribution in [0.3, 0.4) is 0 Å². The van der Waals surface area contributed by atoms with E-state index in [-0.39, 0.29) is 12.6 Å². The Morgan fingerprint density at radius 1 is 1.14 bits per heavy atom. The molecule has 5 heterocycles. The molecular weight excluding hydrogens is 485 g/mol. The average molecular weight is 512 g/mol. The summed E-state index contributed by atoms with van der Waals surface area (Å²) in [6, 6.07) is 8.22. The summed E-state index contributed by atoms with van der Waals surface area (Å²) >= 11 is 0. The Labute approximate surface area is 208 Å². The van der Waals surface area contributed by atoms with Gasteiger partial charge in [0.15, 0.2) is 5.82 Å². The van der Waals surface area contributed by atoms with Crippen LogP contribution < -0.4 is 14.5 Å². The molecule has 3 aromatic heterocycles. The van der Waals surface area contributed by atoms with Gasteiger partial charge in [-0.3, -0.25) is 14.5 Å². The zero-order valence-corrected chi connectivity index (χ0v) is 20.7. The maximum Gasteiger partial charge on any atom is 0.238 e. The maximum atomic E-state index is 14.7. The third kappa shape index (κ3) is 4.99. The zero-order valence-electron chi connectivity index (χ0n) is 19.9. The standard InChI is InChI=1S/C24H26FN7O3S/c1-15-18-13-27-23(20-5-3-4-8-26-20)28-19(18)7-10-32(15)22-12-17(25)11-21(29-22)31-9-6-16(14-31)24(33)30-36(2,34)35/h3-5,8,11-13,15-16H,6-7,9-10,14H2,1-2H3,(H,30,33). The van der Waals surface area contributed by atoms with E-state index < -0.39 is 27.7 Å². The Morgan fingerprint density at radius 3 is 2.69 bits per heavy atom. The number of nitrogens with one attached hydrogen (secondary N) is 1. The summed E-state index contributed by atoms with van der Waals surface area (Å²) < 4.78 is 39.5. The molecule has 2 atom stereocenters. The van der Waals surface area contributed by atoms with Gasteiger partial charge in [-0.05, 0) is 25.5 Å². The molecule has 0 radical (unpaired) electrons. The van der Waals surface area contributed by atoms with E-state index in [2.05, 4.69) is 9.97 Å². The summed E-state index contributed by atoms with van der Waals surface area (Å²) in [5.74, 6) is -0.0220. The normalized spacial score (nSPS) is 19.8. The topological polar surface area (TPSA) is 121 Å². The first-order chi connectivity index (χ1) is 17.2. The van der Waals surface area contributed by atoms with Gasteiger partial charge in [-0.2, -0.15) is 0 Å². The number of anilines is 2. The predicted octanol–water partition coefficient (Wildman–Crippen LogP) is 2.10. The highest BCUT2D eigenvalue weighted by Crippen LogP contribution is 2.34. The van der Waals surface area contributed by atoms with Gasteiger partial charge in [0.05, 0.1) is 23.9 Å². The summed E-state index contributed by atoms with van der Waals surface area (Å²) in [5.41, 5.74) is 2.60. The second kappa shape index (κ2) is 9.41. The minimum absolute atomic E-state index is 0.124. The van der Waals surface area contributed by atoms with Gasteiger partial charge in [0.2, 0.25) is 15.9 Å². The lowest BCUT2D eigenvalue weighted by Gasteiger charge is -2.36. The van der Waals surface area contributed by atoms with Crippen molar-refractivity contribution >= 4 is 27.6 Å². The molecule has 188 valence electrons. The number of nitrogens with zero attached hydrogens (tertiary/aromatic N) is 6. The van der Waals surface area contributed by atoms with Crippen molar-refractivity contribution in [1.82, 2.24) is 24.7 Å². The van der Waals surface area contributed by atoms with Crippen molar-refractivity contribution in [2.24, 2.45) is 5.92 Å². The second-order valence-electron chi connectivity index (χ2n) is 9.10. The monoisotopic (exact) mass is 511 g/mol. The predicted molar refractivity (Wildman–Crippen MR) is 132 cm³/mol. The van der Waals surface area contributed by atoms with Crippen LogP contribution in [0.25, 0.3) is 11.5 Å². The minimum Gasteiger partial charge on any atom is -0.356 e. The molecule has 2 unspecified atom stereocenters. The molecule has 0 saturated carbocycles. The van der Waals surface area contributed by atoms with Gasteiger partial charge >= 0.3 is 0 Å². The van der Waals surface area contributed by atoms with Crippen molar-refractivity contribution in [2.45, 2.75) is 25.8 Å². The number of pyridine rings is 2. The molecule has 2 aliphatic rings. The molecule has 1 saturated heterocycles. The lowest BCUT2D eigenvalue weighted by molar-refractivity contribution is -0.122. The fourth-order valence-corrected chi connectivity index (χ4v) is 5.25. The van der Waals surface area contributed by atoms with E-state index in [1.54, 1.807) is 12.4 Å². The van der Waals surface area contributed by atoms with Crippen molar-refractivity contribution in [3.8, 4) is 11.5 Å². The van der Waals surface area contributed by atoms with Crippen LogP contribution in [-0.2, 0) is 21.2 Å². The van der Waals surface area contributed by atoms with Crippen LogP contribution in [0.4, 0.5) is 16.0 Å². The molecule has 2 aliphatic heterocycles. The van der Waals surface area contributed by atoms with E-state index in [1.807, 2.05) is 39.6 Å². The smallest absolute Gasteiger partial charge is 0.238 e. The van der Waals surface area contributed by atoms with Crippen molar-refractivity contribution in [3.05, 3.63) is 59.8 Å². The fraction of sp³-hybridized carbons (Fsp3) is 0.375. The second-order valence-corrected chi connectivity index (χ2v) is 10.9. The number of amides is 1. The highest BCUT2D eigenvalue weighted by atomic mass is 32.2. The molecule has 0 spiro atoms. The van der Waals surface area contributed by atoms with Crippen molar-refractivity contribution in [1.29, 1.82) is 0 Å². The molecule has 1 fully saturated rings. The summed E-state index contributed by atoms with van der Waals surface area (Å²) in [7, 11) is -3.63. The van der Waals surface area contributed by atoms with E-state index in [0.29, 0.717) is 49.1 Å². The molecule has 36 heavy (non-hydrogen) atoms. The molecule has 3 aromatic rings. The first-order valence-electron chi connectivity index (χ1n) is 11.7. The Bertz CT molecular complexity index is 1400. The van der Waals surface area contributed by atoms with Crippen LogP contribution >= 0.6 is 0 Å². The SMILES string of the molecule is CC1c2cnc(-c3ccccn3)nc2CCN1c1cc(F)cc(N2CCC(C(=O)NS(C)(=O)=O)C2)n1. The van der Waals surface area contributed by atoms with Crippen LogP contribution in [-0.4, -0.2) is 60.2 Å². The van der Waals surface area contributed by atoms with Gasteiger partial charge in [-0.25, -0.2) is 27.8 Å². The summed E-state index contributed by atoms with van der Waals surface area (Å²) in [5, 5.41) is 0. The van der Waals surface area contributed by atoms with E-state index >= 15 is 0 Å². The number of sulfonamides is 1. The highest BCUT2D eigenvalue weighted by molar-refractivity contribution is 7.89. The lowest BCUT2D eigenvalue weighted by atomic mass is 9.99. The highest BCUT2D eigenvalue weighted by Gasteiger charge is 2.32. The first-order valence-corrected chi connectivity index (χ1v) is 13.5. The molecular formula is C24H26FN7O3S. The molecule has 12 heteroatoms. The molecule has 1 N–H and O–H groups in total. The van der Waals surface area contributed by atoms with Gasteiger partial charge < -0.3 is 9.80 Å². The molecule has 0 aromatic carbocycles. The van der Waals surface area contributed by atoms with E-state index in [1.165, 1.54) is 12.1 Å². The summed E-state index contributed by atoms with van der Waals surface area (Å²) in [4.78, 5) is 34.3. The number of hydrogen-bond donors (Lipinski definition) is 1. The first kappa shape index (κ1) is 24.0. The summed E-state index contributed by atoms with van der Waals surface area (Å²) in [6.45, 7) is 3.34. The van der Waals surface area contributed by atoms with Crippen LogP contribution in [0, 0.1) is 11.7 Å². The van der Waals surface area contributed by atoms with E-state index in [9.17, 15) is 17.6 Å². The molecule has 1 amide bonds. The number of rotatable bonds is 5. The van der Waals surface area contributed by atoms with Crippen LogP contribution in [0.1, 0.15) is 30.6 Å². The Kier molecular flexibility index (Phi) is 6.29. The number of hydrogen-bond acceptors (Lipinski definition) is 9. The Morgan fingerprint density at radius 2 is 1.94 bits per heavy atom. The molecule has 0 bridgehead atoms.